The summed E-state index contributed by atoms with van der Waals surface area (Å²) in [6.45, 7) is 2.51. The smallest absolute Gasteiger partial charge is 0.369 e. The lowest BCUT2D eigenvalue weighted by atomic mass is 10.1. The van der Waals surface area contributed by atoms with Gasteiger partial charge in [-0.3, -0.25) is 10.1 Å². The number of hydrogen-bond donors (Lipinski definition) is 1. The third-order valence-corrected chi connectivity index (χ3v) is 2.96. The van der Waals surface area contributed by atoms with Crippen molar-refractivity contribution in [2.24, 2.45) is 0 Å². The van der Waals surface area contributed by atoms with Gasteiger partial charge >= 0.3 is 6.18 Å². The van der Waals surface area contributed by atoms with E-state index in [-0.39, 0.29) is 0 Å². The normalized spacial score (nSPS) is 16.5. The minimum absolute atomic E-state index is 0.361. The first-order valence-corrected chi connectivity index (χ1v) is 5.71. The zero-order valence-electron chi connectivity index (χ0n) is 9.91. The van der Waals surface area contributed by atoms with Crippen LogP contribution in [0.5, 0.6) is 0 Å². The van der Waals surface area contributed by atoms with E-state index in [1.807, 2.05) is 0 Å². The van der Waals surface area contributed by atoms with E-state index in [2.05, 4.69) is 5.32 Å². The van der Waals surface area contributed by atoms with Gasteiger partial charge in [-0.15, -0.1) is 0 Å². The maximum absolute atomic E-state index is 12.8. The fraction of sp³-hybridized carbons (Fsp3) is 0.455. The van der Waals surface area contributed by atoms with Crippen LogP contribution in [0.2, 0.25) is 0 Å². The summed E-state index contributed by atoms with van der Waals surface area (Å²) in [4.78, 5) is 11.4. The summed E-state index contributed by atoms with van der Waals surface area (Å²) in [5, 5.41) is 13.7. The van der Waals surface area contributed by atoms with E-state index in [1.54, 1.807) is 4.90 Å². The van der Waals surface area contributed by atoms with Gasteiger partial charge in [-0.05, 0) is 12.1 Å². The van der Waals surface area contributed by atoms with Gasteiger partial charge < -0.3 is 10.2 Å². The summed E-state index contributed by atoms with van der Waals surface area (Å²) in [7, 11) is 0. The number of alkyl halides is 3. The Morgan fingerprint density at radius 3 is 2.42 bits per heavy atom. The van der Waals surface area contributed by atoms with Crippen molar-refractivity contribution in [3.05, 3.63) is 33.9 Å². The monoisotopic (exact) mass is 275 g/mol. The number of nitrogens with zero attached hydrogens (tertiary/aromatic N) is 2. The zero-order chi connectivity index (χ0) is 14.0. The van der Waals surface area contributed by atoms with Gasteiger partial charge in [0.2, 0.25) is 0 Å². The van der Waals surface area contributed by atoms with Crippen molar-refractivity contribution in [2.75, 3.05) is 31.1 Å². The molecule has 1 aliphatic heterocycles. The van der Waals surface area contributed by atoms with Crippen LogP contribution in [-0.4, -0.2) is 31.1 Å². The third kappa shape index (κ3) is 2.95. The van der Waals surface area contributed by atoms with Crippen molar-refractivity contribution in [1.82, 2.24) is 5.32 Å². The van der Waals surface area contributed by atoms with Crippen molar-refractivity contribution < 1.29 is 18.1 Å². The van der Waals surface area contributed by atoms with E-state index >= 15 is 0 Å². The zero-order valence-corrected chi connectivity index (χ0v) is 9.91. The molecule has 1 aliphatic rings. The Hall–Kier alpha value is -1.83. The average molecular weight is 275 g/mol. The second kappa shape index (κ2) is 5.04. The van der Waals surface area contributed by atoms with E-state index in [1.165, 1.54) is 6.07 Å². The molecule has 0 radical (unpaired) electrons. The third-order valence-electron chi connectivity index (χ3n) is 2.96. The Balaban J connectivity index is 2.40. The molecule has 0 amide bonds. The van der Waals surface area contributed by atoms with Crippen LogP contribution in [0.1, 0.15) is 5.56 Å². The van der Waals surface area contributed by atoms with Crippen LogP contribution < -0.4 is 10.2 Å². The largest absolute Gasteiger partial charge is 0.423 e. The molecule has 0 aliphatic carbocycles. The highest BCUT2D eigenvalue weighted by Crippen LogP contribution is 2.38. The molecular weight excluding hydrogens is 263 g/mol. The number of anilines is 1. The Morgan fingerprint density at radius 1 is 1.26 bits per heavy atom. The molecule has 0 bridgehead atoms. The number of nitro groups is 1. The lowest BCUT2D eigenvalue weighted by Gasteiger charge is -2.29. The van der Waals surface area contributed by atoms with Crippen LogP contribution in [-0.2, 0) is 6.18 Å². The number of halogens is 3. The number of piperazine rings is 1. The molecule has 1 heterocycles. The summed E-state index contributed by atoms with van der Waals surface area (Å²) >= 11 is 0. The maximum atomic E-state index is 12.8. The quantitative estimate of drug-likeness (QED) is 0.662. The predicted molar refractivity (Wildman–Crippen MR) is 63.2 cm³/mol. The van der Waals surface area contributed by atoms with Gasteiger partial charge in [-0.1, -0.05) is 0 Å². The number of rotatable bonds is 2. The van der Waals surface area contributed by atoms with E-state index in [4.69, 9.17) is 0 Å². The van der Waals surface area contributed by atoms with Crippen molar-refractivity contribution in [3.8, 4) is 0 Å². The maximum Gasteiger partial charge on any atom is 0.423 e. The molecule has 104 valence electrons. The standard InChI is InChI=1S/C11H12F3N3O2/c12-11(13,14)9-7-8(1-2-10(9)17(18)19)16-5-3-15-4-6-16/h1-2,7,15H,3-6H2. The van der Waals surface area contributed by atoms with Crippen LogP contribution in [0.4, 0.5) is 24.5 Å². The van der Waals surface area contributed by atoms with Crippen LogP contribution in [0.25, 0.3) is 0 Å². The topological polar surface area (TPSA) is 58.4 Å². The lowest BCUT2D eigenvalue weighted by Crippen LogP contribution is -2.43. The minimum atomic E-state index is -4.73. The van der Waals surface area contributed by atoms with Crippen molar-refractivity contribution >= 4 is 11.4 Å². The summed E-state index contributed by atoms with van der Waals surface area (Å²) in [5.41, 5.74) is -1.75. The van der Waals surface area contributed by atoms with Crippen LogP contribution >= 0.6 is 0 Å². The van der Waals surface area contributed by atoms with Crippen molar-refractivity contribution in [1.29, 1.82) is 0 Å². The van der Waals surface area contributed by atoms with Crippen molar-refractivity contribution in [3.63, 3.8) is 0 Å². The van der Waals surface area contributed by atoms with Gasteiger partial charge in [0, 0.05) is 37.9 Å². The summed E-state index contributed by atoms with van der Waals surface area (Å²) in [5.74, 6) is 0. The van der Waals surface area contributed by atoms with Crippen LogP contribution in [0, 0.1) is 10.1 Å². The molecule has 0 aromatic heterocycles. The van der Waals surface area contributed by atoms with Crippen LogP contribution in [0.15, 0.2) is 18.2 Å². The molecule has 1 aromatic carbocycles. The number of benzene rings is 1. The number of hydrogen-bond acceptors (Lipinski definition) is 4. The summed E-state index contributed by atoms with van der Waals surface area (Å²) in [6.07, 6.45) is -4.73. The molecule has 2 rings (SSSR count). The second-order valence-corrected chi connectivity index (χ2v) is 4.19. The summed E-state index contributed by atoms with van der Waals surface area (Å²) < 4.78 is 38.5. The first kappa shape index (κ1) is 13.6. The molecule has 1 saturated heterocycles. The molecule has 8 heteroatoms. The van der Waals surface area contributed by atoms with E-state index in [0.29, 0.717) is 31.9 Å². The number of nitro benzene ring substituents is 1. The Kier molecular flexibility index (Phi) is 3.61. The minimum Gasteiger partial charge on any atom is -0.369 e. The fourth-order valence-corrected chi connectivity index (χ4v) is 2.03. The Bertz CT molecular complexity index is 485. The first-order valence-electron chi connectivity index (χ1n) is 5.71. The highest BCUT2D eigenvalue weighted by Gasteiger charge is 2.38. The molecule has 1 aromatic rings. The molecule has 1 fully saturated rings. The Labute approximate surface area is 107 Å². The average Bonchev–Trinajstić information content (AvgIpc) is 2.38. The predicted octanol–water partition coefficient (Wildman–Crippen LogP) is 2.02. The Morgan fingerprint density at radius 2 is 1.89 bits per heavy atom. The molecule has 0 spiro atoms. The van der Waals surface area contributed by atoms with Gasteiger partial charge in [-0.2, -0.15) is 13.2 Å². The molecule has 0 unspecified atom stereocenters. The first-order chi connectivity index (χ1) is 8.89. The van der Waals surface area contributed by atoms with Gasteiger partial charge in [0.25, 0.3) is 5.69 Å². The molecule has 0 atom stereocenters. The second-order valence-electron chi connectivity index (χ2n) is 4.19. The fourth-order valence-electron chi connectivity index (χ4n) is 2.03. The molecule has 19 heavy (non-hydrogen) atoms. The van der Waals surface area contributed by atoms with E-state index in [9.17, 15) is 23.3 Å². The molecule has 0 saturated carbocycles. The van der Waals surface area contributed by atoms with Gasteiger partial charge in [0.05, 0.1) is 4.92 Å². The highest BCUT2D eigenvalue weighted by atomic mass is 19.4. The van der Waals surface area contributed by atoms with Gasteiger partial charge in [0.15, 0.2) is 0 Å². The van der Waals surface area contributed by atoms with Gasteiger partial charge in [0.1, 0.15) is 5.56 Å². The highest BCUT2D eigenvalue weighted by molar-refractivity contribution is 5.57. The lowest BCUT2D eigenvalue weighted by molar-refractivity contribution is -0.388. The van der Waals surface area contributed by atoms with Crippen molar-refractivity contribution in [2.45, 2.75) is 6.18 Å². The SMILES string of the molecule is O=[N+]([O-])c1ccc(N2CCNCC2)cc1C(F)(F)F. The van der Waals surface area contributed by atoms with E-state index in [0.717, 1.165) is 12.1 Å². The molecule has 1 N–H and O–H groups in total. The number of nitrogens with one attached hydrogen (secondary N) is 1. The molecular formula is C11H12F3N3O2. The van der Waals surface area contributed by atoms with Gasteiger partial charge in [-0.25, -0.2) is 0 Å². The van der Waals surface area contributed by atoms with E-state index < -0.39 is 22.4 Å². The molecule has 5 nitrogen and oxygen atoms in total. The van der Waals surface area contributed by atoms with Crippen LogP contribution in [0.3, 0.4) is 0 Å². The summed E-state index contributed by atoms with van der Waals surface area (Å²) in [6, 6.07) is 3.13.